The summed E-state index contributed by atoms with van der Waals surface area (Å²) in [7, 11) is 0. The maximum atomic E-state index is 13.6. The van der Waals surface area contributed by atoms with Gasteiger partial charge in [0.15, 0.2) is 0 Å². The van der Waals surface area contributed by atoms with Gasteiger partial charge in [-0.25, -0.2) is 4.39 Å². The van der Waals surface area contributed by atoms with E-state index in [2.05, 4.69) is 5.32 Å². The highest BCUT2D eigenvalue weighted by molar-refractivity contribution is 6.31. The largest absolute Gasteiger partial charge is 0.480 e. The van der Waals surface area contributed by atoms with E-state index in [4.69, 9.17) is 16.7 Å². The summed E-state index contributed by atoms with van der Waals surface area (Å²) in [5, 5.41) is 12.1. The molecular formula is C12H15ClFNO2. The smallest absolute Gasteiger partial charge is 0.325 e. The van der Waals surface area contributed by atoms with Crippen LogP contribution in [-0.2, 0) is 4.79 Å². The fraction of sp³-hybridized carbons (Fsp3) is 0.417. The van der Waals surface area contributed by atoms with Gasteiger partial charge in [-0.2, -0.15) is 0 Å². The minimum atomic E-state index is -1.14. The van der Waals surface area contributed by atoms with Gasteiger partial charge in [0.2, 0.25) is 0 Å². The lowest BCUT2D eigenvalue weighted by molar-refractivity contribution is -0.140. The SMILES string of the molecule is CCC(C)NC(C(=O)O)c1c(F)cccc1Cl. The number of carboxylic acids is 1. The average molecular weight is 260 g/mol. The molecule has 5 heteroatoms. The first-order chi connectivity index (χ1) is 7.97. The Hall–Kier alpha value is -1.13. The summed E-state index contributed by atoms with van der Waals surface area (Å²) in [6.45, 7) is 3.75. The Morgan fingerprint density at radius 1 is 1.59 bits per heavy atom. The van der Waals surface area contributed by atoms with Gasteiger partial charge < -0.3 is 5.11 Å². The van der Waals surface area contributed by atoms with Gasteiger partial charge in [-0.1, -0.05) is 24.6 Å². The summed E-state index contributed by atoms with van der Waals surface area (Å²) in [5.74, 6) is -1.75. The number of hydrogen-bond donors (Lipinski definition) is 2. The van der Waals surface area contributed by atoms with E-state index in [0.717, 1.165) is 6.42 Å². The van der Waals surface area contributed by atoms with Crippen LogP contribution in [0.1, 0.15) is 31.9 Å². The van der Waals surface area contributed by atoms with E-state index in [1.807, 2.05) is 13.8 Å². The molecule has 0 aliphatic rings. The molecule has 0 aliphatic carbocycles. The molecule has 0 saturated heterocycles. The van der Waals surface area contributed by atoms with E-state index in [9.17, 15) is 9.18 Å². The molecule has 0 aromatic heterocycles. The van der Waals surface area contributed by atoms with Gasteiger partial charge >= 0.3 is 5.97 Å². The number of hydrogen-bond acceptors (Lipinski definition) is 2. The zero-order valence-corrected chi connectivity index (χ0v) is 10.5. The molecule has 17 heavy (non-hydrogen) atoms. The Balaban J connectivity index is 3.10. The zero-order chi connectivity index (χ0) is 13.0. The number of nitrogens with one attached hydrogen (secondary N) is 1. The molecule has 2 atom stereocenters. The second-order valence-corrected chi connectivity index (χ2v) is 4.29. The maximum absolute atomic E-state index is 13.6. The Labute approximate surface area is 105 Å². The number of aliphatic carboxylic acids is 1. The van der Waals surface area contributed by atoms with Crippen LogP contribution in [0.15, 0.2) is 18.2 Å². The minimum absolute atomic E-state index is 0.0121. The van der Waals surface area contributed by atoms with Crippen molar-refractivity contribution in [2.75, 3.05) is 0 Å². The van der Waals surface area contributed by atoms with Crippen LogP contribution in [-0.4, -0.2) is 17.1 Å². The lowest BCUT2D eigenvalue weighted by Gasteiger charge is -2.20. The summed E-state index contributed by atoms with van der Waals surface area (Å²) < 4.78 is 13.6. The molecule has 0 aliphatic heterocycles. The minimum Gasteiger partial charge on any atom is -0.480 e. The molecule has 3 nitrogen and oxygen atoms in total. The number of halogens is 2. The highest BCUT2D eigenvalue weighted by Crippen LogP contribution is 2.26. The summed E-state index contributed by atoms with van der Waals surface area (Å²) in [5.41, 5.74) is -0.0121. The molecule has 2 unspecified atom stereocenters. The third-order valence-corrected chi connectivity index (χ3v) is 2.93. The highest BCUT2D eigenvalue weighted by Gasteiger charge is 2.26. The van der Waals surface area contributed by atoms with E-state index >= 15 is 0 Å². The van der Waals surface area contributed by atoms with Gasteiger partial charge in [0, 0.05) is 16.6 Å². The van der Waals surface area contributed by atoms with Crippen LogP contribution < -0.4 is 5.32 Å². The number of rotatable bonds is 5. The summed E-state index contributed by atoms with van der Waals surface area (Å²) in [6, 6.07) is 2.97. The van der Waals surface area contributed by atoms with Crippen LogP contribution in [0.3, 0.4) is 0 Å². The van der Waals surface area contributed by atoms with Crippen molar-refractivity contribution in [3.8, 4) is 0 Å². The van der Waals surface area contributed by atoms with Crippen LogP contribution in [0.25, 0.3) is 0 Å². The second-order valence-electron chi connectivity index (χ2n) is 3.88. The summed E-state index contributed by atoms with van der Waals surface area (Å²) in [6.07, 6.45) is 0.746. The van der Waals surface area contributed by atoms with Crippen molar-refractivity contribution in [3.05, 3.63) is 34.6 Å². The molecule has 0 spiro atoms. The Kier molecular flexibility index (Phi) is 4.90. The van der Waals surface area contributed by atoms with E-state index in [1.54, 1.807) is 0 Å². The summed E-state index contributed by atoms with van der Waals surface area (Å²) in [4.78, 5) is 11.2. The zero-order valence-electron chi connectivity index (χ0n) is 9.71. The van der Waals surface area contributed by atoms with Gasteiger partial charge in [0.25, 0.3) is 0 Å². The third kappa shape index (κ3) is 3.41. The van der Waals surface area contributed by atoms with Gasteiger partial charge in [-0.15, -0.1) is 0 Å². The molecule has 94 valence electrons. The first-order valence-electron chi connectivity index (χ1n) is 5.40. The molecular weight excluding hydrogens is 245 g/mol. The molecule has 1 aromatic rings. The average Bonchev–Trinajstić information content (AvgIpc) is 2.26. The number of benzene rings is 1. The predicted octanol–water partition coefficient (Wildman–Crippen LogP) is 2.99. The molecule has 1 rings (SSSR count). The fourth-order valence-corrected chi connectivity index (χ4v) is 1.74. The Morgan fingerprint density at radius 2 is 2.24 bits per heavy atom. The molecule has 1 aromatic carbocycles. The van der Waals surface area contributed by atoms with Crippen LogP contribution in [0.4, 0.5) is 4.39 Å². The third-order valence-electron chi connectivity index (χ3n) is 2.60. The maximum Gasteiger partial charge on any atom is 0.325 e. The van der Waals surface area contributed by atoms with Crippen LogP contribution in [0.2, 0.25) is 5.02 Å². The first-order valence-corrected chi connectivity index (χ1v) is 5.78. The van der Waals surface area contributed by atoms with Gasteiger partial charge in [-0.05, 0) is 25.5 Å². The van der Waals surface area contributed by atoms with Crippen LogP contribution in [0.5, 0.6) is 0 Å². The lowest BCUT2D eigenvalue weighted by Crippen LogP contribution is -2.35. The highest BCUT2D eigenvalue weighted by atomic mass is 35.5. The Bertz CT molecular complexity index is 391. The standard InChI is InChI=1S/C12H15ClFNO2/c1-3-7(2)15-11(12(16)17)10-8(13)5-4-6-9(10)14/h4-7,11,15H,3H2,1-2H3,(H,16,17). The number of carbonyl (C=O) groups is 1. The van der Waals surface area contributed by atoms with Gasteiger partial charge in [0.1, 0.15) is 11.9 Å². The summed E-state index contributed by atoms with van der Waals surface area (Å²) >= 11 is 5.85. The molecule has 0 saturated carbocycles. The molecule has 0 radical (unpaired) electrons. The van der Waals surface area contributed by atoms with Crippen LogP contribution in [0, 0.1) is 5.82 Å². The molecule has 0 fully saturated rings. The first kappa shape index (κ1) is 13.9. The fourth-order valence-electron chi connectivity index (χ4n) is 1.47. The normalized spacial score (nSPS) is 14.4. The number of carboxylic acid groups (broad SMARTS) is 1. The van der Waals surface area contributed by atoms with Crippen LogP contribution >= 0.6 is 11.6 Å². The lowest BCUT2D eigenvalue weighted by atomic mass is 10.0. The van der Waals surface area contributed by atoms with E-state index in [1.165, 1.54) is 18.2 Å². The van der Waals surface area contributed by atoms with Crippen molar-refractivity contribution < 1.29 is 14.3 Å². The van der Waals surface area contributed by atoms with Crippen molar-refractivity contribution in [1.29, 1.82) is 0 Å². The molecule has 2 N–H and O–H groups in total. The van der Waals surface area contributed by atoms with E-state index in [0.29, 0.717) is 0 Å². The van der Waals surface area contributed by atoms with Gasteiger partial charge in [-0.3, -0.25) is 10.1 Å². The Morgan fingerprint density at radius 3 is 2.71 bits per heavy atom. The monoisotopic (exact) mass is 259 g/mol. The van der Waals surface area contributed by atoms with Crippen molar-refractivity contribution in [2.45, 2.75) is 32.4 Å². The van der Waals surface area contributed by atoms with E-state index < -0.39 is 17.8 Å². The molecule has 0 heterocycles. The van der Waals surface area contributed by atoms with Crippen molar-refractivity contribution in [3.63, 3.8) is 0 Å². The molecule has 0 bridgehead atoms. The molecule has 0 amide bonds. The predicted molar refractivity (Wildman–Crippen MR) is 64.7 cm³/mol. The van der Waals surface area contributed by atoms with Crippen molar-refractivity contribution >= 4 is 17.6 Å². The van der Waals surface area contributed by atoms with Crippen molar-refractivity contribution in [2.24, 2.45) is 0 Å². The topological polar surface area (TPSA) is 49.3 Å². The van der Waals surface area contributed by atoms with E-state index in [-0.39, 0.29) is 16.6 Å². The second kappa shape index (κ2) is 5.98. The van der Waals surface area contributed by atoms with Crippen molar-refractivity contribution in [1.82, 2.24) is 5.32 Å². The van der Waals surface area contributed by atoms with Gasteiger partial charge in [0.05, 0.1) is 0 Å². The quantitative estimate of drug-likeness (QED) is 0.855.